The third-order valence-electron chi connectivity index (χ3n) is 3.55. The molecule has 1 heterocycles. The van der Waals surface area contributed by atoms with Crippen LogP contribution in [-0.4, -0.2) is 36.5 Å². The maximum Gasteiger partial charge on any atom is 0.255 e. The molecule has 0 saturated carbocycles. The van der Waals surface area contributed by atoms with Crippen LogP contribution in [0.1, 0.15) is 36.5 Å². The van der Waals surface area contributed by atoms with Gasteiger partial charge in [0, 0.05) is 28.6 Å². The third-order valence-corrected chi connectivity index (χ3v) is 4.44. The molecule has 0 spiro atoms. The number of amides is 1. The predicted molar refractivity (Wildman–Crippen MR) is 86.4 cm³/mol. The molecule has 1 N–H and O–H groups in total. The summed E-state index contributed by atoms with van der Waals surface area (Å²) in [5, 5.41) is 4.08. The normalized spacial score (nSPS) is 18.2. The largest absolute Gasteiger partial charge is 0.337 e. The summed E-state index contributed by atoms with van der Waals surface area (Å²) < 4.78 is 0.760. The first-order valence-corrected chi connectivity index (χ1v) is 8.26. The summed E-state index contributed by atoms with van der Waals surface area (Å²) in [6, 6.07) is 5.75. The lowest BCUT2D eigenvalue weighted by atomic mass is 10.1. The van der Waals surface area contributed by atoms with E-state index in [1.807, 2.05) is 4.90 Å². The van der Waals surface area contributed by atoms with Crippen LogP contribution in [0.15, 0.2) is 22.7 Å². The fraction of sp³-hybridized carbons (Fsp3) is 0.533. The molecule has 1 fully saturated rings. The lowest BCUT2D eigenvalue weighted by Gasteiger charge is -2.26. The van der Waals surface area contributed by atoms with Crippen molar-refractivity contribution < 1.29 is 4.79 Å². The van der Waals surface area contributed by atoms with Gasteiger partial charge in [0.15, 0.2) is 0 Å². The van der Waals surface area contributed by atoms with Gasteiger partial charge in [0.25, 0.3) is 5.91 Å². The summed E-state index contributed by atoms with van der Waals surface area (Å²) in [6.45, 7) is 4.72. The van der Waals surface area contributed by atoms with Crippen LogP contribution in [0.4, 0.5) is 0 Å². The second kappa shape index (κ2) is 7.43. The fourth-order valence-electron chi connectivity index (χ4n) is 2.56. The second-order valence-electron chi connectivity index (χ2n) is 5.17. The van der Waals surface area contributed by atoms with E-state index >= 15 is 0 Å². The molecule has 0 aromatic heterocycles. The fourth-order valence-corrected chi connectivity index (χ4v) is 3.41. The van der Waals surface area contributed by atoms with E-state index in [0.717, 1.165) is 36.9 Å². The van der Waals surface area contributed by atoms with Gasteiger partial charge in [0.2, 0.25) is 0 Å². The molecule has 3 nitrogen and oxygen atoms in total. The van der Waals surface area contributed by atoms with E-state index in [4.69, 9.17) is 11.6 Å². The minimum absolute atomic E-state index is 0.0732. The highest BCUT2D eigenvalue weighted by atomic mass is 79.9. The highest BCUT2D eigenvalue weighted by Crippen LogP contribution is 2.23. The summed E-state index contributed by atoms with van der Waals surface area (Å²) >= 11 is 9.37. The Labute approximate surface area is 133 Å². The Morgan fingerprint density at radius 3 is 2.95 bits per heavy atom. The first-order valence-electron chi connectivity index (χ1n) is 7.09. The van der Waals surface area contributed by atoms with E-state index in [2.05, 4.69) is 28.2 Å². The first-order chi connectivity index (χ1) is 9.61. The zero-order valence-corrected chi connectivity index (χ0v) is 14.0. The average Bonchev–Trinajstić information content (AvgIpc) is 2.90. The topological polar surface area (TPSA) is 32.3 Å². The van der Waals surface area contributed by atoms with Crippen molar-refractivity contribution in [3.05, 3.63) is 33.3 Å². The number of benzene rings is 1. The number of nitrogens with zero attached hydrogens (tertiary/aromatic N) is 1. The van der Waals surface area contributed by atoms with Crippen LogP contribution < -0.4 is 5.32 Å². The van der Waals surface area contributed by atoms with Crippen molar-refractivity contribution in [3.8, 4) is 0 Å². The Morgan fingerprint density at radius 2 is 2.35 bits per heavy atom. The van der Waals surface area contributed by atoms with Gasteiger partial charge < -0.3 is 10.2 Å². The Hall–Kier alpha value is -0.580. The average molecular weight is 360 g/mol. The maximum absolute atomic E-state index is 12.7. The van der Waals surface area contributed by atoms with Gasteiger partial charge in [-0.15, -0.1) is 0 Å². The zero-order valence-electron chi connectivity index (χ0n) is 11.7. The van der Waals surface area contributed by atoms with Crippen LogP contribution in [0.2, 0.25) is 5.02 Å². The van der Waals surface area contributed by atoms with Gasteiger partial charge in [0.1, 0.15) is 0 Å². The van der Waals surface area contributed by atoms with Gasteiger partial charge in [-0.25, -0.2) is 0 Å². The van der Waals surface area contributed by atoms with Crippen molar-refractivity contribution >= 4 is 33.4 Å². The molecule has 1 aliphatic heterocycles. The number of nitrogens with one attached hydrogen (secondary N) is 1. The number of hydrogen-bond acceptors (Lipinski definition) is 2. The Kier molecular flexibility index (Phi) is 5.87. The number of halogens is 2. The number of rotatable bonds is 5. The molecule has 2 rings (SSSR count). The van der Waals surface area contributed by atoms with E-state index in [-0.39, 0.29) is 5.91 Å². The highest BCUT2D eigenvalue weighted by molar-refractivity contribution is 9.10. The lowest BCUT2D eigenvalue weighted by Crippen LogP contribution is -2.41. The summed E-state index contributed by atoms with van der Waals surface area (Å²) in [6.07, 6.45) is 3.31. The molecule has 1 aromatic carbocycles. The smallest absolute Gasteiger partial charge is 0.255 e. The van der Waals surface area contributed by atoms with Crippen molar-refractivity contribution in [3.63, 3.8) is 0 Å². The molecular formula is C15H20BrClN2O. The van der Waals surface area contributed by atoms with E-state index in [1.54, 1.807) is 18.2 Å². The first kappa shape index (κ1) is 15.8. The summed E-state index contributed by atoms with van der Waals surface area (Å²) in [5.74, 6) is 0.0732. The third kappa shape index (κ3) is 3.96. The predicted octanol–water partition coefficient (Wildman–Crippen LogP) is 3.71. The molecule has 0 bridgehead atoms. The molecule has 110 valence electrons. The lowest BCUT2D eigenvalue weighted by molar-refractivity contribution is 0.0741. The second-order valence-corrected chi connectivity index (χ2v) is 6.46. The van der Waals surface area contributed by atoms with Crippen molar-refractivity contribution in [2.75, 3.05) is 19.6 Å². The van der Waals surface area contributed by atoms with Crippen molar-refractivity contribution in [1.82, 2.24) is 10.2 Å². The Morgan fingerprint density at radius 1 is 1.55 bits per heavy atom. The monoisotopic (exact) mass is 358 g/mol. The summed E-state index contributed by atoms with van der Waals surface area (Å²) in [5.41, 5.74) is 0.681. The molecule has 20 heavy (non-hydrogen) atoms. The minimum Gasteiger partial charge on any atom is -0.337 e. The van der Waals surface area contributed by atoms with E-state index < -0.39 is 0 Å². The van der Waals surface area contributed by atoms with Crippen molar-refractivity contribution in [2.24, 2.45) is 0 Å². The van der Waals surface area contributed by atoms with E-state index in [9.17, 15) is 4.79 Å². The minimum atomic E-state index is 0.0732. The highest BCUT2D eigenvalue weighted by Gasteiger charge is 2.23. The molecule has 1 amide bonds. The zero-order chi connectivity index (χ0) is 14.5. The van der Waals surface area contributed by atoms with Gasteiger partial charge >= 0.3 is 0 Å². The van der Waals surface area contributed by atoms with Crippen molar-refractivity contribution in [2.45, 2.75) is 32.2 Å². The molecule has 1 atom stereocenters. The van der Waals surface area contributed by atoms with Crippen molar-refractivity contribution in [1.29, 1.82) is 0 Å². The van der Waals surface area contributed by atoms with Crippen LogP contribution in [-0.2, 0) is 0 Å². The molecule has 5 heteroatoms. The van der Waals surface area contributed by atoms with Crippen LogP contribution in [0.5, 0.6) is 0 Å². The van der Waals surface area contributed by atoms with Gasteiger partial charge in [-0.1, -0.05) is 18.5 Å². The van der Waals surface area contributed by atoms with E-state index in [1.165, 1.54) is 6.42 Å². The molecule has 1 unspecified atom stereocenters. The molecule has 1 aliphatic rings. The standard InChI is InChI=1S/C15H20BrClN2O/c1-2-8-19(10-12-4-3-7-18-12)15(20)13-6-5-11(17)9-14(13)16/h5-6,9,12,18H,2-4,7-8,10H2,1H3. The van der Waals surface area contributed by atoms with Crippen LogP contribution in [0.25, 0.3) is 0 Å². The molecule has 1 aromatic rings. The van der Waals surface area contributed by atoms with Crippen LogP contribution >= 0.6 is 27.5 Å². The van der Waals surface area contributed by atoms with Gasteiger partial charge in [0.05, 0.1) is 5.56 Å². The Balaban J connectivity index is 2.12. The molecule has 0 radical (unpaired) electrons. The van der Waals surface area contributed by atoms with Gasteiger partial charge in [-0.2, -0.15) is 0 Å². The SMILES string of the molecule is CCCN(CC1CCCN1)C(=O)c1ccc(Cl)cc1Br. The number of carbonyl (C=O) groups is 1. The summed E-state index contributed by atoms with van der Waals surface area (Å²) in [7, 11) is 0. The quantitative estimate of drug-likeness (QED) is 0.869. The maximum atomic E-state index is 12.7. The Bertz CT molecular complexity index is 475. The van der Waals surface area contributed by atoms with Gasteiger partial charge in [-0.3, -0.25) is 4.79 Å². The number of carbonyl (C=O) groups excluding carboxylic acids is 1. The summed E-state index contributed by atoms with van der Waals surface area (Å²) in [4.78, 5) is 14.6. The van der Waals surface area contributed by atoms with Crippen LogP contribution in [0.3, 0.4) is 0 Å². The molecule has 1 saturated heterocycles. The van der Waals surface area contributed by atoms with E-state index in [0.29, 0.717) is 16.6 Å². The molecular weight excluding hydrogens is 340 g/mol. The molecule has 0 aliphatic carbocycles. The van der Waals surface area contributed by atoms with Crippen LogP contribution in [0, 0.1) is 0 Å². The van der Waals surface area contributed by atoms with Gasteiger partial charge in [-0.05, 0) is 59.9 Å². The number of hydrogen-bond donors (Lipinski definition) is 1.